The molecule has 24 nitrogen and oxygen atoms in total. The second-order valence-electron chi connectivity index (χ2n) is 36.1. The summed E-state index contributed by atoms with van der Waals surface area (Å²) in [4.78, 5) is 149. The van der Waals surface area contributed by atoms with Crippen molar-refractivity contribution in [3.05, 3.63) is 0 Å². The normalized spacial score (nSPS) is 12.4. The van der Waals surface area contributed by atoms with Crippen molar-refractivity contribution in [2.24, 2.45) is 0 Å². The lowest BCUT2D eigenvalue weighted by atomic mass is 10.1. The summed E-state index contributed by atoms with van der Waals surface area (Å²) in [5.74, 6) is -6.90. The van der Waals surface area contributed by atoms with E-state index >= 15 is 0 Å². The van der Waals surface area contributed by atoms with Gasteiger partial charge in [-0.3, -0.25) is 52.7 Å². The number of nitrogens with zero attached hydrogens (tertiary/aromatic N) is 1. The minimum atomic E-state index is -1.09. The van der Waals surface area contributed by atoms with Crippen LogP contribution in [0.4, 0.5) is 0 Å². The quantitative estimate of drug-likeness (QED) is 0.0247. The molecule has 2 amide bonds. The molecule has 129 heavy (non-hydrogen) atoms. The van der Waals surface area contributed by atoms with Crippen LogP contribution >= 0.6 is 0 Å². The number of esters is 8. The van der Waals surface area contributed by atoms with Crippen LogP contribution in [-0.2, 0) is 100 Å². The van der Waals surface area contributed by atoms with Crippen LogP contribution in [0.5, 0.6) is 0 Å². The number of amides is 2. The SMILES string of the molecule is CCCCCCCCCCCCCC(=O)OC[C@H](CO)OC(=O)CCCCCCCCCCCCC.CCCCCCCCCCCCCC(=O)OC[C@H](COC(=O)CCC(=O)O)OC(=O)CCCCCCCCCCCCC.CCCCCCCCCCCCCC(=O)OC[C@H](COC(=O)CCC(=O)ON1C(=O)CCC1=O)OC(=O)CCCCCCCCCCCCC. The van der Waals surface area contributed by atoms with E-state index in [0.717, 1.165) is 122 Å². The third-order valence-electron chi connectivity index (χ3n) is 23.4. The maximum atomic E-state index is 12.6. The number of carboxylic acid groups (broad SMARTS) is 1. The molecule has 1 heterocycles. The first-order valence-corrected chi connectivity index (χ1v) is 53.0. The zero-order valence-electron chi connectivity index (χ0n) is 83.0. The Bertz CT molecular complexity index is 2670. The van der Waals surface area contributed by atoms with E-state index in [9.17, 15) is 62.6 Å². The molecule has 1 rings (SSSR count). The standard InChI is InChI=1S/C39H67NO10.C35H64O8.C31H60O5/c1-3-5-7-9-11-13-15-17-19-21-23-25-36(43)47-31-33(49-38(45)26-24-22-20-18-16-14-12-10-8-6-4-2)32-48-37(44)29-30-39(46)50-40-34(41)27-28-35(40)42;1-3-5-7-9-11-13-15-17-19-21-23-25-33(38)41-29-31(30-42-34(39)28-27-32(36)37)43-35(40)26-24-22-20-18-16-14-12-10-8-6-4-2;1-3-5-7-9-11-13-15-17-19-21-23-25-30(33)35-28-29(27-32)36-31(34)26-24-22-20-18-16-14-12-10-8-6-4-2/h33H,3-32H2,1-2H3;31H,3-30H2,1-2H3,(H,36,37);29,32H,3-28H2,1-2H3/t33-;31-;29-/m110/s1. The van der Waals surface area contributed by atoms with Gasteiger partial charge in [0, 0.05) is 51.4 Å². The van der Waals surface area contributed by atoms with Crippen LogP contribution in [-0.4, -0.2) is 145 Å². The van der Waals surface area contributed by atoms with Gasteiger partial charge in [0.2, 0.25) is 0 Å². The van der Waals surface area contributed by atoms with Gasteiger partial charge in [0.15, 0.2) is 18.3 Å². The van der Waals surface area contributed by atoms with Crippen LogP contribution in [0.15, 0.2) is 0 Å². The Balaban J connectivity index is 0. The Hall–Kier alpha value is -6.20. The predicted octanol–water partition coefficient (Wildman–Crippen LogP) is 26.9. The first-order chi connectivity index (χ1) is 62.8. The summed E-state index contributed by atoms with van der Waals surface area (Å²) in [6.45, 7) is 12.0. The number of hydrogen-bond acceptors (Lipinski definition) is 22. The fourth-order valence-corrected chi connectivity index (χ4v) is 15.2. The molecule has 3 atom stereocenters. The van der Waals surface area contributed by atoms with Gasteiger partial charge in [0.05, 0.1) is 32.3 Å². The van der Waals surface area contributed by atoms with E-state index in [1.807, 2.05) is 0 Å². The molecule has 0 bridgehead atoms. The number of ether oxygens (including phenoxy) is 8. The van der Waals surface area contributed by atoms with Crippen molar-refractivity contribution in [1.29, 1.82) is 0 Å². The highest BCUT2D eigenvalue weighted by Crippen LogP contribution is 2.22. The molecule has 1 saturated heterocycles. The Morgan fingerprint density at radius 1 is 0.225 bits per heavy atom. The number of rotatable bonds is 93. The van der Waals surface area contributed by atoms with Crippen LogP contribution in [0.2, 0.25) is 0 Å². The van der Waals surface area contributed by atoms with E-state index in [1.54, 1.807) is 0 Å². The summed E-state index contributed by atoms with van der Waals surface area (Å²) in [5, 5.41) is 18.6. The number of imide groups is 1. The van der Waals surface area contributed by atoms with Crippen molar-refractivity contribution in [1.82, 2.24) is 5.06 Å². The first kappa shape index (κ1) is 125. The molecule has 1 fully saturated rings. The van der Waals surface area contributed by atoms with Gasteiger partial charge in [0.25, 0.3) is 11.8 Å². The molecule has 2 N–H and O–H groups in total. The van der Waals surface area contributed by atoms with Crippen molar-refractivity contribution in [3.8, 4) is 0 Å². The van der Waals surface area contributed by atoms with E-state index < -0.39 is 78.3 Å². The molecule has 0 spiro atoms. The van der Waals surface area contributed by atoms with Gasteiger partial charge in [0.1, 0.15) is 33.0 Å². The van der Waals surface area contributed by atoms with Gasteiger partial charge in [-0.1, -0.05) is 427 Å². The van der Waals surface area contributed by atoms with E-state index in [-0.39, 0.29) is 109 Å². The minimum absolute atomic E-state index is 0.0304. The number of hydroxylamine groups is 2. The van der Waals surface area contributed by atoms with Crippen molar-refractivity contribution in [2.75, 3.05) is 39.6 Å². The van der Waals surface area contributed by atoms with Gasteiger partial charge >= 0.3 is 59.7 Å². The molecule has 0 aromatic rings. The Morgan fingerprint density at radius 3 is 0.589 bits per heavy atom. The third kappa shape index (κ3) is 92.1. The Kier molecular flexibility index (Phi) is 94.7. The second kappa shape index (κ2) is 97.8. The highest BCUT2D eigenvalue weighted by Gasteiger charge is 2.33. The molecule has 1 aliphatic rings. The average Bonchev–Trinajstić information content (AvgIpc) is 1.73. The van der Waals surface area contributed by atoms with Gasteiger partial charge in [-0.25, -0.2) is 4.79 Å². The van der Waals surface area contributed by atoms with Crippen LogP contribution in [0.1, 0.15) is 542 Å². The number of unbranched alkanes of at least 4 members (excludes halogenated alkanes) is 60. The van der Waals surface area contributed by atoms with E-state index in [1.165, 1.54) is 295 Å². The molecule has 0 radical (unpaired) electrons. The van der Waals surface area contributed by atoms with Crippen molar-refractivity contribution < 1.29 is 110 Å². The topological polar surface area (TPSA) is 332 Å². The summed E-state index contributed by atoms with van der Waals surface area (Å²) in [6.07, 6.45) is 76.7. The van der Waals surface area contributed by atoms with Gasteiger partial charge in [-0.05, 0) is 38.5 Å². The lowest BCUT2D eigenvalue weighted by molar-refractivity contribution is -0.197. The summed E-state index contributed by atoms with van der Waals surface area (Å²) < 4.78 is 42.5. The zero-order valence-corrected chi connectivity index (χ0v) is 83.0. The molecule has 0 aromatic heterocycles. The summed E-state index contributed by atoms with van der Waals surface area (Å²) in [5.41, 5.74) is 0. The van der Waals surface area contributed by atoms with Crippen molar-refractivity contribution in [3.63, 3.8) is 0 Å². The molecular weight excluding hydrogens is 1640 g/mol. The monoisotopic (exact) mass is 1830 g/mol. The molecule has 0 aromatic carbocycles. The smallest absolute Gasteiger partial charge is 0.333 e. The molecular formula is C105H191NO23. The van der Waals surface area contributed by atoms with E-state index in [0.29, 0.717) is 30.7 Å². The summed E-state index contributed by atoms with van der Waals surface area (Å²) in [6, 6.07) is 0. The molecule has 24 heteroatoms. The molecule has 1 aliphatic heterocycles. The minimum Gasteiger partial charge on any atom is -0.481 e. The Labute approximate surface area is 783 Å². The van der Waals surface area contributed by atoms with Crippen LogP contribution in [0.3, 0.4) is 0 Å². The molecule has 0 aliphatic carbocycles. The number of hydrogen-bond donors (Lipinski definition) is 2. The zero-order chi connectivity index (χ0) is 95.0. The average molecular weight is 1840 g/mol. The van der Waals surface area contributed by atoms with Crippen LogP contribution in [0, 0.1) is 0 Å². The molecule has 754 valence electrons. The third-order valence-corrected chi connectivity index (χ3v) is 23.4. The lowest BCUT2D eigenvalue weighted by Crippen LogP contribution is -2.32. The molecule has 0 saturated carbocycles. The predicted molar refractivity (Wildman–Crippen MR) is 511 cm³/mol. The maximum Gasteiger partial charge on any atom is 0.333 e. The van der Waals surface area contributed by atoms with Gasteiger partial charge < -0.3 is 52.9 Å². The fraction of sp³-hybridized carbons (Fsp3) is 0.886. The van der Waals surface area contributed by atoms with Gasteiger partial charge in [-0.2, -0.15) is 0 Å². The fourth-order valence-electron chi connectivity index (χ4n) is 15.2. The number of carboxylic acids is 1. The number of aliphatic carboxylic acids is 1. The van der Waals surface area contributed by atoms with Crippen LogP contribution < -0.4 is 0 Å². The largest absolute Gasteiger partial charge is 0.481 e. The highest BCUT2D eigenvalue weighted by atomic mass is 16.7. The van der Waals surface area contributed by atoms with Gasteiger partial charge in [-0.15, -0.1) is 5.06 Å². The lowest BCUT2D eigenvalue weighted by Gasteiger charge is -2.18. The number of carbonyl (C=O) groups is 12. The van der Waals surface area contributed by atoms with Crippen LogP contribution in [0.25, 0.3) is 0 Å². The summed E-state index contributed by atoms with van der Waals surface area (Å²) in [7, 11) is 0. The first-order valence-electron chi connectivity index (χ1n) is 53.0. The van der Waals surface area contributed by atoms with E-state index in [2.05, 4.69) is 41.5 Å². The highest BCUT2D eigenvalue weighted by molar-refractivity contribution is 6.01. The number of carbonyl (C=O) groups excluding carboxylic acids is 11. The maximum absolute atomic E-state index is 12.6. The second-order valence-corrected chi connectivity index (χ2v) is 36.1. The van der Waals surface area contributed by atoms with E-state index in [4.69, 9.17) is 47.8 Å². The van der Waals surface area contributed by atoms with Crippen molar-refractivity contribution in [2.45, 2.75) is 561 Å². The van der Waals surface area contributed by atoms with Crippen molar-refractivity contribution >= 4 is 71.5 Å². The number of aliphatic hydroxyl groups is 1. The Morgan fingerprint density at radius 2 is 0.388 bits per heavy atom. The summed E-state index contributed by atoms with van der Waals surface area (Å²) >= 11 is 0. The number of aliphatic hydroxyl groups excluding tert-OH is 1. The molecule has 0 unspecified atom stereocenters.